The fourth-order valence-corrected chi connectivity index (χ4v) is 4.91. The maximum Gasteiger partial charge on any atom is 0.266 e. The SMILES string of the molecule is COc1ccccc1-n1c(C)cc(/C=C2\SC(=S)N(Cc3ccccc3)C2=O)c1C. The van der Waals surface area contributed by atoms with E-state index in [1.807, 2.05) is 60.7 Å². The Bertz CT molecular complexity index is 1150. The van der Waals surface area contributed by atoms with Crippen molar-refractivity contribution in [3.8, 4) is 11.4 Å². The number of aromatic nitrogens is 1. The van der Waals surface area contributed by atoms with Gasteiger partial charge < -0.3 is 9.30 Å². The van der Waals surface area contributed by atoms with Crippen LogP contribution in [0.5, 0.6) is 5.75 Å². The van der Waals surface area contributed by atoms with Crippen LogP contribution in [0.1, 0.15) is 22.5 Å². The number of carbonyl (C=O) groups is 1. The molecule has 1 saturated heterocycles. The van der Waals surface area contributed by atoms with Gasteiger partial charge in [-0.1, -0.05) is 66.4 Å². The second-order valence-corrected chi connectivity index (χ2v) is 8.76. The van der Waals surface area contributed by atoms with Gasteiger partial charge >= 0.3 is 0 Å². The minimum absolute atomic E-state index is 0.0454. The average molecular weight is 435 g/mol. The highest BCUT2D eigenvalue weighted by molar-refractivity contribution is 8.26. The van der Waals surface area contributed by atoms with E-state index in [9.17, 15) is 4.79 Å². The Morgan fingerprint density at radius 2 is 1.77 bits per heavy atom. The summed E-state index contributed by atoms with van der Waals surface area (Å²) in [7, 11) is 1.67. The van der Waals surface area contributed by atoms with E-state index in [0.717, 1.165) is 34.0 Å². The van der Waals surface area contributed by atoms with Gasteiger partial charge in [0.2, 0.25) is 0 Å². The highest BCUT2D eigenvalue weighted by Gasteiger charge is 2.32. The lowest BCUT2D eigenvalue weighted by Gasteiger charge is -2.14. The third kappa shape index (κ3) is 3.80. The summed E-state index contributed by atoms with van der Waals surface area (Å²) in [6, 6.07) is 19.9. The highest BCUT2D eigenvalue weighted by Crippen LogP contribution is 2.35. The third-order valence-electron chi connectivity index (χ3n) is 5.14. The number of thiocarbonyl (C=S) groups is 1. The summed E-state index contributed by atoms with van der Waals surface area (Å²) in [4.78, 5) is 15.3. The summed E-state index contributed by atoms with van der Waals surface area (Å²) in [5, 5.41) is 0. The zero-order chi connectivity index (χ0) is 21.3. The van der Waals surface area contributed by atoms with Gasteiger partial charge in [0.15, 0.2) is 0 Å². The molecule has 1 aromatic heterocycles. The lowest BCUT2D eigenvalue weighted by molar-refractivity contribution is -0.122. The van der Waals surface area contributed by atoms with Crippen LogP contribution in [0.3, 0.4) is 0 Å². The highest BCUT2D eigenvalue weighted by atomic mass is 32.2. The number of para-hydroxylation sites is 2. The zero-order valence-electron chi connectivity index (χ0n) is 17.1. The predicted molar refractivity (Wildman–Crippen MR) is 127 cm³/mol. The quantitative estimate of drug-likeness (QED) is 0.392. The number of rotatable bonds is 5. The van der Waals surface area contributed by atoms with Gasteiger partial charge in [-0.2, -0.15) is 0 Å². The van der Waals surface area contributed by atoms with Crippen LogP contribution in [-0.4, -0.2) is 26.8 Å². The average Bonchev–Trinajstić information content (AvgIpc) is 3.18. The van der Waals surface area contributed by atoms with Crippen molar-refractivity contribution in [3.05, 3.63) is 88.1 Å². The summed E-state index contributed by atoms with van der Waals surface area (Å²) in [5.41, 5.74) is 5.16. The number of hydrogen-bond acceptors (Lipinski definition) is 4. The van der Waals surface area contributed by atoms with Gasteiger partial charge in [0, 0.05) is 11.4 Å². The molecule has 1 aliphatic heterocycles. The first kappa shape index (κ1) is 20.4. The van der Waals surface area contributed by atoms with Crippen LogP contribution < -0.4 is 4.74 Å². The molecule has 0 aliphatic carbocycles. The van der Waals surface area contributed by atoms with Gasteiger partial charge in [-0.25, -0.2) is 0 Å². The molecule has 0 saturated carbocycles. The number of aryl methyl sites for hydroxylation is 1. The van der Waals surface area contributed by atoms with Crippen LogP contribution >= 0.6 is 24.0 Å². The number of methoxy groups -OCH3 is 1. The van der Waals surface area contributed by atoms with E-state index in [1.165, 1.54) is 11.8 Å². The molecule has 0 bridgehead atoms. The number of ether oxygens (including phenoxy) is 1. The lowest BCUT2D eigenvalue weighted by atomic mass is 10.2. The molecule has 0 spiro atoms. The van der Waals surface area contributed by atoms with Crippen molar-refractivity contribution in [2.45, 2.75) is 20.4 Å². The maximum absolute atomic E-state index is 13.0. The fourth-order valence-electron chi connectivity index (χ4n) is 3.66. The van der Waals surface area contributed by atoms with Gasteiger partial charge in [-0.05, 0) is 49.2 Å². The number of thioether (sulfide) groups is 1. The number of benzene rings is 2. The normalized spacial score (nSPS) is 15.3. The van der Waals surface area contributed by atoms with E-state index in [-0.39, 0.29) is 5.91 Å². The monoisotopic (exact) mass is 434 g/mol. The Hall–Kier alpha value is -2.83. The van der Waals surface area contributed by atoms with E-state index in [2.05, 4.69) is 24.5 Å². The molecular weight excluding hydrogens is 412 g/mol. The molecule has 2 heterocycles. The topological polar surface area (TPSA) is 34.5 Å². The Kier molecular flexibility index (Phi) is 5.79. The molecule has 0 unspecified atom stereocenters. The van der Waals surface area contributed by atoms with E-state index >= 15 is 0 Å². The van der Waals surface area contributed by atoms with E-state index in [4.69, 9.17) is 17.0 Å². The summed E-state index contributed by atoms with van der Waals surface area (Å²) in [6.45, 7) is 4.59. The second kappa shape index (κ2) is 8.50. The molecule has 1 aliphatic rings. The van der Waals surface area contributed by atoms with Gasteiger partial charge in [-0.3, -0.25) is 9.69 Å². The molecule has 30 heavy (non-hydrogen) atoms. The Morgan fingerprint density at radius 3 is 2.50 bits per heavy atom. The maximum atomic E-state index is 13.0. The van der Waals surface area contributed by atoms with Crippen LogP contribution in [0.4, 0.5) is 0 Å². The van der Waals surface area contributed by atoms with Gasteiger partial charge in [0.05, 0.1) is 24.2 Å². The molecule has 6 heteroatoms. The first-order valence-corrected chi connectivity index (χ1v) is 10.8. The van der Waals surface area contributed by atoms with Crippen LogP contribution in [-0.2, 0) is 11.3 Å². The van der Waals surface area contributed by atoms with Crippen molar-refractivity contribution in [2.24, 2.45) is 0 Å². The van der Waals surface area contributed by atoms with Crippen molar-refractivity contribution in [3.63, 3.8) is 0 Å². The summed E-state index contributed by atoms with van der Waals surface area (Å²) in [5.74, 6) is 0.760. The summed E-state index contributed by atoms with van der Waals surface area (Å²) >= 11 is 6.85. The zero-order valence-corrected chi connectivity index (χ0v) is 18.7. The first-order chi connectivity index (χ1) is 14.5. The Morgan fingerprint density at radius 1 is 1.07 bits per heavy atom. The van der Waals surface area contributed by atoms with E-state index in [1.54, 1.807) is 12.0 Å². The second-order valence-electron chi connectivity index (χ2n) is 7.09. The van der Waals surface area contributed by atoms with E-state index in [0.29, 0.717) is 15.8 Å². The minimum atomic E-state index is -0.0454. The molecule has 1 fully saturated rings. The molecule has 3 aromatic rings. The number of nitrogens with zero attached hydrogens (tertiary/aromatic N) is 2. The molecule has 1 amide bonds. The van der Waals surface area contributed by atoms with Crippen molar-refractivity contribution >= 4 is 40.3 Å². The van der Waals surface area contributed by atoms with Crippen molar-refractivity contribution in [1.82, 2.24) is 9.47 Å². The Balaban J connectivity index is 1.66. The molecule has 4 rings (SSSR count). The number of amides is 1. The number of carbonyl (C=O) groups excluding carboxylic acids is 1. The van der Waals surface area contributed by atoms with Crippen LogP contribution in [0, 0.1) is 13.8 Å². The standard InChI is InChI=1S/C24H22N2O2S2/c1-16-13-19(17(2)26(16)20-11-7-8-12-21(20)28-3)14-22-23(27)25(24(29)30-22)15-18-9-5-4-6-10-18/h4-14H,15H2,1-3H3/b22-14-. The third-order valence-corrected chi connectivity index (χ3v) is 6.52. The van der Waals surface area contributed by atoms with Crippen molar-refractivity contribution in [1.29, 1.82) is 0 Å². The molecule has 0 N–H and O–H groups in total. The fraction of sp³-hybridized carbons (Fsp3) is 0.167. The summed E-state index contributed by atoms with van der Waals surface area (Å²) < 4.78 is 8.28. The van der Waals surface area contributed by atoms with Crippen LogP contribution in [0.2, 0.25) is 0 Å². The molecule has 152 valence electrons. The van der Waals surface area contributed by atoms with Gasteiger partial charge in [0.25, 0.3) is 5.91 Å². The minimum Gasteiger partial charge on any atom is -0.495 e. The predicted octanol–water partition coefficient (Wildman–Crippen LogP) is 5.50. The molecular formula is C24H22N2O2S2. The summed E-state index contributed by atoms with van der Waals surface area (Å²) in [6.07, 6.45) is 1.94. The molecule has 2 aromatic carbocycles. The largest absolute Gasteiger partial charge is 0.495 e. The Labute approximate surface area is 186 Å². The van der Waals surface area contributed by atoms with Gasteiger partial charge in [0.1, 0.15) is 10.1 Å². The van der Waals surface area contributed by atoms with Gasteiger partial charge in [-0.15, -0.1) is 0 Å². The van der Waals surface area contributed by atoms with Crippen LogP contribution in [0.15, 0.2) is 65.6 Å². The van der Waals surface area contributed by atoms with Crippen LogP contribution in [0.25, 0.3) is 11.8 Å². The lowest BCUT2D eigenvalue weighted by Crippen LogP contribution is -2.27. The van der Waals surface area contributed by atoms with E-state index < -0.39 is 0 Å². The smallest absolute Gasteiger partial charge is 0.266 e. The van der Waals surface area contributed by atoms with Crippen molar-refractivity contribution < 1.29 is 9.53 Å². The molecule has 0 radical (unpaired) electrons. The first-order valence-electron chi connectivity index (χ1n) is 9.61. The molecule has 4 nitrogen and oxygen atoms in total. The van der Waals surface area contributed by atoms with Crippen molar-refractivity contribution in [2.75, 3.05) is 7.11 Å². The molecule has 0 atom stereocenters. The number of hydrogen-bond donors (Lipinski definition) is 0.